The van der Waals surface area contributed by atoms with Crippen LogP contribution in [0.3, 0.4) is 0 Å². The van der Waals surface area contributed by atoms with Crippen LogP contribution in [0.25, 0.3) is 0 Å². The molecule has 7 heteroatoms. The summed E-state index contributed by atoms with van der Waals surface area (Å²) in [6.45, 7) is 1.68. The molecule has 1 unspecified atom stereocenters. The Hall–Kier alpha value is -2.83. The Morgan fingerprint density at radius 3 is 2.44 bits per heavy atom. The van der Waals surface area contributed by atoms with Gasteiger partial charge in [0.15, 0.2) is 0 Å². The Morgan fingerprint density at radius 2 is 1.80 bits per heavy atom. The number of hydrogen-bond acceptors (Lipinski definition) is 2. The minimum absolute atomic E-state index is 0.0187. The monoisotopic (exact) mass is 348 g/mol. The summed E-state index contributed by atoms with van der Waals surface area (Å²) in [6.07, 6.45) is -0.0564. The number of amides is 2. The van der Waals surface area contributed by atoms with Crippen LogP contribution in [-0.4, -0.2) is 18.4 Å². The molecule has 1 atom stereocenters. The smallest absolute Gasteiger partial charge is 0.229 e. The fourth-order valence-electron chi connectivity index (χ4n) is 2.75. The minimum atomic E-state index is -0.811. The topological polar surface area (TPSA) is 49.4 Å². The Balaban J connectivity index is 1.73. The van der Waals surface area contributed by atoms with Gasteiger partial charge < -0.3 is 10.2 Å². The van der Waals surface area contributed by atoms with E-state index in [4.69, 9.17) is 0 Å². The summed E-state index contributed by atoms with van der Waals surface area (Å²) in [4.78, 5) is 25.8. The molecule has 4 nitrogen and oxygen atoms in total. The summed E-state index contributed by atoms with van der Waals surface area (Å²) < 4.78 is 40.1. The maximum absolute atomic E-state index is 13.7. The predicted molar refractivity (Wildman–Crippen MR) is 86.6 cm³/mol. The minimum Gasteiger partial charge on any atom is -0.326 e. The zero-order valence-corrected chi connectivity index (χ0v) is 13.4. The number of benzene rings is 2. The molecule has 0 spiro atoms. The highest BCUT2D eigenvalue weighted by atomic mass is 19.1. The Labute approximate surface area is 142 Å². The van der Waals surface area contributed by atoms with Gasteiger partial charge in [0, 0.05) is 30.4 Å². The molecule has 2 amide bonds. The SMILES string of the molecule is Cc1ccc(N2CC(C(=O)Nc3cc(F)cc(F)c3)CC2=O)cc1F. The summed E-state index contributed by atoms with van der Waals surface area (Å²) in [7, 11) is 0. The van der Waals surface area contributed by atoms with Crippen LogP contribution in [0.5, 0.6) is 0 Å². The van der Waals surface area contributed by atoms with Crippen LogP contribution in [0, 0.1) is 30.3 Å². The van der Waals surface area contributed by atoms with Crippen molar-refractivity contribution in [2.24, 2.45) is 5.92 Å². The zero-order chi connectivity index (χ0) is 18.1. The second-order valence-corrected chi connectivity index (χ2v) is 5.99. The van der Waals surface area contributed by atoms with E-state index in [2.05, 4.69) is 5.32 Å². The van der Waals surface area contributed by atoms with E-state index in [1.165, 1.54) is 11.0 Å². The van der Waals surface area contributed by atoms with Gasteiger partial charge in [-0.3, -0.25) is 9.59 Å². The fourth-order valence-corrected chi connectivity index (χ4v) is 2.75. The van der Waals surface area contributed by atoms with Crippen molar-refractivity contribution in [3.05, 3.63) is 59.4 Å². The van der Waals surface area contributed by atoms with Crippen LogP contribution >= 0.6 is 0 Å². The first-order chi connectivity index (χ1) is 11.8. The number of hydrogen-bond donors (Lipinski definition) is 1. The van der Waals surface area contributed by atoms with Crippen LogP contribution in [0.1, 0.15) is 12.0 Å². The van der Waals surface area contributed by atoms with E-state index in [-0.39, 0.29) is 24.6 Å². The van der Waals surface area contributed by atoms with Gasteiger partial charge in [-0.1, -0.05) is 6.07 Å². The van der Waals surface area contributed by atoms with Gasteiger partial charge in [0.1, 0.15) is 17.5 Å². The lowest BCUT2D eigenvalue weighted by atomic mass is 10.1. The summed E-state index contributed by atoms with van der Waals surface area (Å²) in [5, 5.41) is 2.41. The number of anilines is 2. The highest BCUT2D eigenvalue weighted by Gasteiger charge is 2.35. The van der Waals surface area contributed by atoms with Gasteiger partial charge in [-0.25, -0.2) is 13.2 Å². The fraction of sp³-hybridized carbons (Fsp3) is 0.222. The molecule has 1 fully saturated rings. The van der Waals surface area contributed by atoms with Gasteiger partial charge in [-0.2, -0.15) is 0 Å². The van der Waals surface area contributed by atoms with E-state index in [0.29, 0.717) is 17.3 Å². The molecule has 0 saturated carbocycles. The average Bonchev–Trinajstić information content (AvgIpc) is 2.91. The van der Waals surface area contributed by atoms with E-state index >= 15 is 0 Å². The molecule has 1 aliphatic heterocycles. The van der Waals surface area contributed by atoms with Gasteiger partial charge in [0.2, 0.25) is 11.8 Å². The van der Waals surface area contributed by atoms with Crippen molar-refractivity contribution in [3.8, 4) is 0 Å². The van der Waals surface area contributed by atoms with Crippen LogP contribution < -0.4 is 10.2 Å². The molecule has 1 heterocycles. The number of rotatable bonds is 3. The van der Waals surface area contributed by atoms with Gasteiger partial charge in [0.05, 0.1) is 5.92 Å². The molecule has 0 aliphatic carbocycles. The van der Waals surface area contributed by atoms with Crippen molar-refractivity contribution in [1.82, 2.24) is 0 Å². The van der Waals surface area contributed by atoms with Crippen molar-refractivity contribution in [3.63, 3.8) is 0 Å². The van der Waals surface area contributed by atoms with E-state index in [9.17, 15) is 22.8 Å². The van der Waals surface area contributed by atoms with Crippen molar-refractivity contribution in [2.45, 2.75) is 13.3 Å². The summed E-state index contributed by atoms with van der Waals surface area (Å²) in [5.41, 5.74) is 0.813. The first-order valence-electron chi connectivity index (χ1n) is 7.67. The quantitative estimate of drug-likeness (QED) is 0.924. The first-order valence-corrected chi connectivity index (χ1v) is 7.67. The third-order valence-electron chi connectivity index (χ3n) is 4.09. The van der Waals surface area contributed by atoms with Gasteiger partial charge in [-0.05, 0) is 36.8 Å². The second-order valence-electron chi connectivity index (χ2n) is 5.99. The van der Waals surface area contributed by atoms with E-state index in [1.807, 2.05) is 0 Å². The number of nitrogens with zero attached hydrogens (tertiary/aromatic N) is 1. The molecular weight excluding hydrogens is 333 g/mol. The van der Waals surface area contributed by atoms with Crippen molar-refractivity contribution >= 4 is 23.2 Å². The normalized spacial score (nSPS) is 17.0. The number of carbonyl (C=O) groups excluding carboxylic acids is 2. The standard InChI is InChI=1S/C18H15F3N2O2/c1-10-2-3-15(8-16(10)21)23-9-11(4-17(23)24)18(25)22-14-6-12(19)5-13(20)7-14/h2-3,5-8,11H,4,9H2,1H3,(H,22,25). The largest absolute Gasteiger partial charge is 0.326 e. The van der Waals surface area contributed by atoms with E-state index < -0.39 is 29.3 Å². The highest BCUT2D eigenvalue weighted by molar-refractivity contribution is 6.03. The van der Waals surface area contributed by atoms with Crippen molar-refractivity contribution in [2.75, 3.05) is 16.8 Å². The Bertz CT molecular complexity index is 834. The predicted octanol–water partition coefficient (Wildman–Crippen LogP) is 3.40. The molecule has 0 aromatic heterocycles. The number of aryl methyl sites for hydroxylation is 1. The number of carbonyl (C=O) groups is 2. The molecule has 25 heavy (non-hydrogen) atoms. The molecule has 1 saturated heterocycles. The Kier molecular flexibility index (Phi) is 4.48. The summed E-state index contributed by atoms with van der Waals surface area (Å²) in [5.74, 6) is -3.58. The molecule has 0 radical (unpaired) electrons. The second kappa shape index (κ2) is 6.58. The molecule has 2 aromatic carbocycles. The lowest BCUT2D eigenvalue weighted by Gasteiger charge is -2.17. The Morgan fingerprint density at radius 1 is 1.12 bits per heavy atom. The summed E-state index contributed by atoms with van der Waals surface area (Å²) >= 11 is 0. The average molecular weight is 348 g/mol. The van der Waals surface area contributed by atoms with Crippen molar-refractivity contribution in [1.29, 1.82) is 0 Å². The van der Waals surface area contributed by atoms with Crippen LogP contribution in [0.15, 0.2) is 36.4 Å². The molecule has 1 aliphatic rings. The first kappa shape index (κ1) is 17.0. The molecule has 3 rings (SSSR count). The van der Waals surface area contributed by atoms with Crippen LogP contribution in [0.2, 0.25) is 0 Å². The molecule has 1 N–H and O–H groups in total. The summed E-state index contributed by atoms with van der Waals surface area (Å²) in [6, 6.07) is 7.09. The number of nitrogens with one attached hydrogen (secondary N) is 1. The molecular formula is C18H15F3N2O2. The molecule has 130 valence electrons. The lowest BCUT2D eigenvalue weighted by Crippen LogP contribution is -2.28. The third kappa shape index (κ3) is 3.65. The maximum atomic E-state index is 13.7. The van der Waals surface area contributed by atoms with Gasteiger partial charge in [0.25, 0.3) is 0 Å². The number of halogens is 3. The van der Waals surface area contributed by atoms with E-state index in [1.54, 1.807) is 19.1 Å². The van der Waals surface area contributed by atoms with Crippen molar-refractivity contribution < 1.29 is 22.8 Å². The maximum Gasteiger partial charge on any atom is 0.229 e. The van der Waals surface area contributed by atoms with Gasteiger partial charge in [-0.15, -0.1) is 0 Å². The lowest BCUT2D eigenvalue weighted by molar-refractivity contribution is -0.122. The van der Waals surface area contributed by atoms with Gasteiger partial charge >= 0.3 is 0 Å². The highest BCUT2D eigenvalue weighted by Crippen LogP contribution is 2.27. The zero-order valence-electron chi connectivity index (χ0n) is 13.4. The molecule has 2 aromatic rings. The van der Waals surface area contributed by atoms with Crippen LogP contribution in [-0.2, 0) is 9.59 Å². The molecule has 0 bridgehead atoms. The third-order valence-corrected chi connectivity index (χ3v) is 4.09. The van der Waals surface area contributed by atoms with E-state index in [0.717, 1.165) is 12.1 Å². The van der Waals surface area contributed by atoms with Crippen LogP contribution in [0.4, 0.5) is 24.5 Å².